The molecule has 0 aromatic heterocycles. The van der Waals surface area contributed by atoms with E-state index in [9.17, 15) is 9.59 Å². The van der Waals surface area contributed by atoms with Gasteiger partial charge in [0.1, 0.15) is 5.75 Å². The van der Waals surface area contributed by atoms with Crippen molar-refractivity contribution in [1.82, 2.24) is 0 Å². The molecule has 0 amide bonds. The Morgan fingerprint density at radius 2 is 2.00 bits per heavy atom. The molecule has 0 bridgehead atoms. The van der Waals surface area contributed by atoms with Crippen LogP contribution in [-0.4, -0.2) is 18.5 Å². The first-order valence-electron chi connectivity index (χ1n) is 5.23. The van der Waals surface area contributed by atoms with Crippen LogP contribution in [0.3, 0.4) is 0 Å². The number of para-hydroxylation sites is 1. The van der Waals surface area contributed by atoms with Crippen molar-refractivity contribution in [2.75, 3.05) is 6.61 Å². The van der Waals surface area contributed by atoms with Gasteiger partial charge in [-0.2, -0.15) is 0 Å². The zero-order valence-corrected chi connectivity index (χ0v) is 11.9. The molecule has 1 rings (SSSR count). The Balaban J connectivity index is 0.000000411. The molecular weight excluding hydrogens is 300 g/mol. The van der Waals surface area contributed by atoms with Crippen LogP contribution in [0, 0.1) is 0 Å². The van der Waals surface area contributed by atoms with Gasteiger partial charge in [-0.3, -0.25) is 4.79 Å². The monoisotopic (exact) mass is 314 g/mol. The molecule has 0 N–H and O–H groups in total. The highest BCUT2D eigenvalue weighted by atomic mass is 79.9. The number of esters is 2. The van der Waals surface area contributed by atoms with Crippen LogP contribution in [0.1, 0.15) is 13.8 Å². The van der Waals surface area contributed by atoms with Gasteiger partial charge < -0.3 is 9.47 Å². The number of hydrogen-bond acceptors (Lipinski definition) is 4. The minimum Gasteiger partial charge on any atom is -0.466 e. The van der Waals surface area contributed by atoms with E-state index in [1.54, 1.807) is 25.1 Å². The van der Waals surface area contributed by atoms with E-state index in [0.29, 0.717) is 12.4 Å². The number of carbonyl (C=O) groups is 2. The maximum Gasteiger partial charge on any atom is 0.335 e. The Bertz CT molecular complexity index is 415. The van der Waals surface area contributed by atoms with Crippen molar-refractivity contribution >= 4 is 27.9 Å². The Morgan fingerprint density at radius 1 is 1.39 bits per heavy atom. The second-order valence-corrected chi connectivity index (χ2v) is 3.83. The van der Waals surface area contributed by atoms with E-state index in [4.69, 9.17) is 4.74 Å². The van der Waals surface area contributed by atoms with E-state index < -0.39 is 5.97 Å². The fourth-order valence-corrected chi connectivity index (χ4v) is 1.25. The molecule has 0 aliphatic carbocycles. The molecule has 5 heteroatoms. The number of carbonyl (C=O) groups excluding carboxylic acids is 2. The molecule has 1 aromatic carbocycles. The summed E-state index contributed by atoms with van der Waals surface area (Å²) in [6.07, 6.45) is 1.12. The Morgan fingerprint density at radius 3 is 2.39 bits per heavy atom. The zero-order chi connectivity index (χ0) is 14.0. The highest BCUT2D eigenvalue weighted by Gasteiger charge is 2.02. The van der Waals surface area contributed by atoms with Crippen molar-refractivity contribution < 1.29 is 19.1 Å². The average Bonchev–Trinajstić information content (AvgIpc) is 2.32. The minimum atomic E-state index is -0.457. The van der Waals surface area contributed by atoms with Crippen LogP contribution in [0.2, 0.25) is 0 Å². The summed E-state index contributed by atoms with van der Waals surface area (Å²) >= 11 is 3.24. The minimum absolute atomic E-state index is 0.211. The molecular formula is C13H15BrO4. The van der Waals surface area contributed by atoms with Crippen molar-refractivity contribution in [1.29, 1.82) is 0 Å². The third-order valence-corrected chi connectivity index (χ3v) is 2.22. The van der Waals surface area contributed by atoms with E-state index in [1.807, 2.05) is 6.07 Å². The number of rotatable bonds is 3. The number of halogens is 1. The van der Waals surface area contributed by atoms with Crippen molar-refractivity contribution in [2.24, 2.45) is 0 Å². The standard InChI is InChI=1S/C9H7BrO2.C4H8O2/c1-2-9(11)12-8-6-4-3-5-7(8)10;1-3-6-4(2)5/h2-6H,1H2;3H2,1-2H3. The molecule has 0 heterocycles. The number of ether oxygens (including phenoxy) is 2. The molecule has 1 aromatic rings. The largest absolute Gasteiger partial charge is 0.466 e. The molecule has 0 radical (unpaired) electrons. The van der Waals surface area contributed by atoms with E-state index in [0.717, 1.165) is 10.5 Å². The zero-order valence-electron chi connectivity index (χ0n) is 10.3. The number of hydrogen-bond donors (Lipinski definition) is 0. The molecule has 4 nitrogen and oxygen atoms in total. The Labute approximate surface area is 115 Å². The van der Waals surface area contributed by atoms with Crippen LogP contribution in [0.5, 0.6) is 5.75 Å². The average molecular weight is 315 g/mol. The van der Waals surface area contributed by atoms with Crippen molar-refractivity contribution in [3.8, 4) is 5.75 Å². The third-order valence-electron chi connectivity index (χ3n) is 1.56. The van der Waals surface area contributed by atoms with Crippen molar-refractivity contribution in [3.05, 3.63) is 41.4 Å². The highest BCUT2D eigenvalue weighted by molar-refractivity contribution is 9.10. The van der Waals surface area contributed by atoms with Gasteiger partial charge in [0, 0.05) is 13.0 Å². The summed E-state index contributed by atoms with van der Waals surface area (Å²) in [5.41, 5.74) is 0. The summed E-state index contributed by atoms with van der Waals surface area (Å²) in [5, 5.41) is 0. The molecule has 0 fully saturated rings. The fourth-order valence-electron chi connectivity index (χ4n) is 0.881. The number of benzene rings is 1. The fraction of sp³-hybridized carbons (Fsp3) is 0.231. The molecule has 18 heavy (non-hydrogen) atoms. The van der Waals surface area contributed by atoms with E-state index >= 15 is 0 Å². The molecule has 0 spiro atoms. The molecule has 98 valence electrons. The maximum absolute atomic E-state index is 10.8. The molecule has 0 aliphatic rings. The maximum atomic E-state index is 10.8. The van der Waals surface area contributed by atoms with Crippen LogP contribution >= 0.6 is 15.9 Å². The van der Waals surface area contributed by atoms with E-state index in [-0.39, 0.29) is 5.97 Å². The van der Waals surface area contributed by atoms with E-state index in [1.165, 1.54) is 6.92 Å². The summed E-state index contributed by atoms with van der Waals surface area (Å²) in [6.45, 7) is 6.95. The first-order chi connectivity index (χ1) is 8.51. The third kappa shape index (κ3) is 7.62. The molecule has 0 saturated carbocycles. The summed E-state index contributed by atoms with van der Waals surface area (Å²) in [7, 11) is 0. The van der Waals surface area contributed by atoms with Gasteiger partial charge in [-0.1, -0.05) is 18.7 Å². The lowest BCUT2D eigenvalue weighted by Gasteiger charge is -2.01. The van der Waals surface area contributed by atoms with Gasteiger partial charge in [0.05, 0.1) is 11.1 Å². The predicted molar refractivity (Wildman–Crippen MR) is 72.3 cm³/mol. The van der Waals surface area contributed by atoms with Crippen molar-refractivity contribution in [3.63, 3.8) is 0 Å². The van der Waals surface area contributed by atoms with Crippen LogP contribution in [-0.2, 0) is 14.3 Å². The van der Waals surface area contributed by atoms with Crippen LogP contribution < -0.4 is 4.74 Å². The summed E-state index contributed by atoms with van der Waals surface area (Å²) in [5.74, 6) is -0.165. The lowest BCUT2D eigenvalue weighted by Crippen LogP contribution is -2.03. The second kappa shape index (κ2) is 9.41. The Hall–Kier alpha value is -1.62. The molecule has 0 saturated heterocycles. The highest BCUT2D eigenvalue weighted by Crippen LogP contribution is 2.23. The summed E-state index contributed by atoms with van der Waals surface area (Å²) in [6, 6.07) is 7.13. The lowest BCUT2D eigenvalue weighted by molar-refractivity contribution is -0.140. The van der Waals surface area contributed by atoms with Crippen LogP contribution in [0.25, 0.3) is 0 Å². The van der Waals surface area contributed by atoms with Crippen LogP contribution in [0.15, 0.2) is 41.4 Å². The molecule has 0 unspecified atom stereocenters. The molecule has 0 atom stereocenters. The van der Waals surface area contributed by atoms with Gasteiger partial charge in [-0.15, -0.1) is 0 Å². The first-order valence-corrected chi connectivity index (χ1v) is 6.02. The smallest absolute Gasteiger partial charge is 0.335 e. The van der Waals surface area contributed by atoms with Crippen molar-refractivity contribution in [2.45, 2.75) is 13.8 Å². The molecule has 0 aliphatic heterocycles. The van der Waals surface area contributed by atoms with Crippen LogP contribution in [0.4, 0.5) is 0 Å². The first kappa shape index (κ1) is 16.4. The van der Waals surface area contributed by atoms with Gasteiger partial charge in [-0.25, -0.2) is 4.79 Å². The SMILES string of the molecule is C=CC(=O)Oc1ccccc1Br.CCOC(C)=O. The van der Waals surface area contributed by atoms with Gasteiger partial charge in [-0.05, 0) is 35.0 Å². The van der Waals surface area contributed by atoms with E-state index in [2.05, 4.69) is 27.2 Å². The topological polar surface area (TPSA) is 52.6 Å². The van der Waals surface area contributed by atoms with Gasteiger partial charge in [0.25, 0.3) is 0 Å². The second-order valence-electron chi connectivity index (χ2n) is 2.98. The van der Waals surface area contributed by atoms with Gasteiger partial charge in [0.2, 0.25) is 0 Å². The van der Waals surface area contributed by atoms with Gasteiger partial charge >= 0.3 is 11.9 Å². The normalized spacial score (nSPS) is 8.61. The van der Waals surface area contributed by atoms with Gasteiger partial charge in [0.15, 0.2) is 0 Å². The summed E-state index contributed by atoms with van der Waals surface area (Å²) in [4.78, 5) is 20.6. The Kier molecular flexibility index (Phi) is 8.57. The summed E-state index contributed by atoms with van der Waals surface area (Å²) < 4.78 is 10.0. The lowest BCUT2D eigenvalue weighted by atomic mass is 10.3. The quantitative estimate of drug-likeness (QED) is 0.488. The predicted octanol–water partition coefficient (Wildman–Crippen LogP) is 3.11.